The molecule has 0 radical (unpaired) electrons. The quantitative estimate of drug-likeness (QED) is 0.590. The molecule has 0 bridgehead atoms. The number of carbonyl (C=O) groups excluding carboxylic acids is 1. The van der Waals surface area contributed by atoms with Gasteiger partial charge in [0.05, 0.1) is 4.90 Å². The number of benzene rings is 3. The second-order valence-corrected chi connectivity index (χ2v) is 8.80. The Bertz CT molecular complexity index is 1160. The summed E-state index contributed by atoms with van der Waals surface area (Å²) in [5.41, 5.74) is 6.06. The second-order valence-electron chi connectivity index (χ2n) is 6.47. The van der Waals surface area contributed by atoms with Crippen LogP contribution in [0.2, 0.25) is 5.02 Å². The zero-order valence-electron chi connectivity index (χ0n) is 15.5. The number of nitrogens with two attached hydrogens (primary N) is 1. The van der Waals surface area contributed by atoms with E-state index in [0.29, 0.717) is 10.6 Å². The number of halogens is 3. The molecule has 0 aliphatic heterocycles. The van der Waals surface area contributed by atoms with Gasteiger partial charge in [-0.05, 0) is 47.5 Å². The van der Waals surface area contributed by atoms with Gasteiger partial charge in [-0.2, -0.15) is 4.31 Å². The second kappa shape index (κ2) is 8.91. The Kier molecular flexibility index (Phi) is 6.50. The van der Waals surface area contributed by atoms with Crippen molar-refractivity contribution in [3.63, 3.8) is 0 Å². The Morgan fingerprint density at radius 1 is 0.967 bits per heavy atom. The van der Waals surface area contributed by atoms with Gasteiger partial charge in [-0.15, -0.1) is 0 Å². The fourth-order valence-electron chi connectivity index (χ4n) is 2.98. The van der Waals surface area contributed by atoms with Crippen molar-refractivity contribution < 1.29 is 22.0 Å². The number of nitrogens with zero attached hydrogens (tertiary/aromatic N) is 1. The number of hydrogen-bond donors (Lipinski definition) is 1. The average molecular weight is 451 g/mol. The van der Waals surface area contributed by atoms with Crippen LogP contribution in [0.25, 0.3) is 0 Å². The van der Waals surface area contributed by atoms with Crippen LogP contribution in [0.15, 0.2) is 77.7 Å². The highest BCUT2D eigenvalue weighted by atomic mass is 35.5. The van der Waals surface area contributed by atoms with Gasteiger partial charge in [0.15, 0.2) is 11.6 Å². The molecule has 0 saturated heterocycles. The standard InChI is InChI=1S/C21H17ClF2N2O3S/c22-16-7-9-17(10-8-16)30(28,29)26(13-14-6-11-18(23)19(24)12-14)20(21(25)27)15-4-2-1-3-5-15/h1-12,20H,13H2,(H2,25,27)/t20-/m1/s1. The van der Waals surface area contributed by atoms with E-state index in [9.17, 15) is 22.0 Å². The Labute approximate surface area is 177 Å². The first-order valence-corrected chi connectivity index (χ1v) is 10.6. The van der Waals surface area contributed by atoms with Crippen molar-refractivity contribution in [1.29, 1.82) is 0 Å². The SMILES string of the molecule is NC(=O)[C@@H](c1ccccc1)N(Cc1ccc(F)c(F)c1)S(=O)(=O)c1ccc(Cl)cc1. The van der Waals surface area contributed by atoms with E-state index in [1.807, 2.05) is 0 Å². The van der Waals surface area contributed by atoms with Gasteiger partial charge in [0, 0.05) is 11.6 Å². The van der Waals surface area contributed by atoms with Crippen molar-refractivity contribution in [2.75, 3.05) is 0 Å². The monoisotopic (exact) mass is 450 g/mol. The van der Waals surface area contributed by atoms with Gasteiger partial charge in [0.2, 0.25) is 15.9 Å². The summed E-state index contributed by atoms with van der Waals surface area (Å²) < 4.78 is 54.8. The van der Waals surface area contributed by atoms with Gasteiger partial charge >= 0.3 is 0 Å². The van der Waals surface area contributed by atoms with Crippen molar-refractivity contribution in [3.8, 4) is 0 Å². The van der Waals surface area contributed by atoms with Crippen LogP contribution in [0.4, 0.5) is 8.78 Å². The number of sulfonamides is 1. The van der Waals surface area contributed by atoms with Gasteiger partial charge in [-0.25, -0.2) is 17.2 Å². The zero-order chi connectivity index (χ0) is 21.9. The lowest BCUT2D eigenvalue weighted by Crippen LogP contribution is -2.41. The molecular weight excluding hydrogens is 434 g/mol. The Hall–Kier alpha value is -2.81. The highest BCUT2D eigenvalue weighted by molar-refractivity contribution is 7.89. The summed E-state index contributed by atoms with van der Waals surface area (Å²) in [5.74, 6) is -3.12. The van der Waals surface area contributed by atoms with Crippen LogP contribution in [0, 0.1) is 11.6 Å². The number of primary amides is 1. The third-order valence-electron chi connectivity index (χ3n) is 4.42. The van der Waals surface area contributed by atoms with E-state index in [1.165, 1.54) is 30.3 Å². The third-order valence-corrected chi connectivity index (χ3v) is 6.49. The molecule has 0 heterocycles. The highest BCUT2D eigenvalue weighted by Crippen LogP contribution is 2.30. The van der Waals surface area contributed by atoms with Gasteiger partial charge in [0.25, 0.3) is 0 Å². The number of rotatable bonds is 7. The molecule has 30 heavy (non-hydrogen) atoms. The van der Waals surface area contributed by atoms with Crippen molar-refractivity contribution in [3.05, 3.63) is 101 Å². The van der Waals surface area contributed by atoms with Crippen LogP contribution in [-0.2, 0) is 21.4 Å². The lowest BCUT2D eigenvalue weighted by Gasteiger charge is -2.29. The predicted octanol–water partition coefficient (Wildman–Crippen LogP) is 4.04. The minimum atomic E-state index is -4.27. The highest BCUT2D eigenvalue weighted by Gasteiger charge is 2.36. The predicted molar refractivity (Wildman–Crippen MR) is 109 cm³/mol. The van der Waals surface area contributed by atoms with E-state index >= 15 is 0 Å². The summed E-state index contributed by atoms with van der Waals surface area (Å²) in [7, 11) is -4.27. The van der Waals surface area contributed by atoms with Crippen molar-refractivity contribution >= 4 is 27.5 Å². The molecule has 1 amide bonds. The van der Waals surface area contributed by atoms with Gasteiger partial charge in [0.1, 0.15) is 6.04 Å². The first-order valence-electron chi connectivity index (χ1n) is 8.76. The van der Waals surface area contributed by atoms with Gasteiger partial charge in [-0.1, -0.05) is 48.0 Å². The molecule has 0 aliphatic rings. The molecule has 3 aromatic carbocycles. The average Bonchev–Trinajstić information content (AvgIpc) is 2.71. The third kappa shape index (κ3) is 4.67. The molecular formula is C21H17ClF2N2O3S. The first kappa shape index (κ1) is 21.9. The molecule has 156 valence electrons. The molecule has 0 unspecified atom stereocenters. The van der Waals surface area contributed by atoms with Crippen molar-refractivity contribution in [1.82, 2.24) is 4.31 Å². The maximum absolute atomic E-state index is 13.7. The van der Waals surface area contributed by atoms with Crippen LogP contribution in [0.1, 0.15) is 17.2 Å². The van der Waals surface area contributed by atoms with E-state index in [2.05, 4.69) is 0 Å². The van der Waals surface area contributed by atoms with Crippen LogP contribution in [0.5, 0.6) is 0 Å². The van der Waals surface area contributed by atoms with Crippen LogP contribution >= 0.6 is 11.6 Å². The minimum Gasteiger partial charge on any atom is -0.368 e. The molecule has 5 nitrogen and oxygen atoms in total. The lowest BCUT2D eigenvalue weighted by molar-refractivity contribution is -0.122. The first-order chi connectivity index (χ1) is 14.2. The number of amides is 1. The topological polar surface area (TPSA) is 80.5 Å². The molecule has 0 saturated carbocycles. The van der Waals surface area contributed by atoms with E-state index < -0.39 is 40.2 Å². The van der Waals surface area contributed by atoms with E-state index in [0.717, 1.165) is 16.4 Å². The van der Waals surface area contributed by atoms with Crippen LogP contribution < -0.4 is 5.73 Å². The molecule has 1 atom stereocenters. The molecule has 3 aromatic rings. The summed E-state index contributed by atoms with van der Waals surface area (Å²) in [4.78, 5) is 12.2. The van der Waals surface area contributed by atoms with Crippen molar-refractivity contribution in [2.45, 2.75) is 17.5 Å². The smallest absolute Gasteiger partial charge is 0.244 e. The number of hydrogen-bond acceptors (Lipinski definition) is 3. The van der Waals surface area contributed by atoms with Crippen molar-refractivity contribution in [2.24, 2.45) is 5.73 Å². The van der Waals surface area contributed by atoms with Crippen LogP contribution in [-0.4, -0.2) is 18.6 Å². The fraction of sp³-hybridized carbons (Fsp3) is 0.0952. The van der Waals surface area contributed by atoms with Gasteiger partial charge < -0.3 is 5.73 Å². The van der Waals surface area contributed by atoms with E-state index in [-0.39, 0.29) is 10.5 Å². The minimum absolute atomic E-state index is 0.128. The van der Waals surface area contributed by atoms with Gasteiger partial charge in [-0.3, -0.25) is 4.79 Å². The summed E-state index contributed by atoms with van der Waals surface area (Å²) in [5, 5.41) is 0.329. The largest absolute Gasteiger partial charge is 0.368 e. The molecule has 0 spiro atoms. The summed E-state index contributed by atoms with van der Waals surface area (Å²) in [6, 6.07) is 15.1. The summed E-state index contributed by atoms with van der Waals surface area (Å²) >= 11 is 5.85. The Morgan fingerprint density at radius 2 is 1.60 bits per heavy atom. The maximum Gasteiger partial charge on any atom is 0.244 e. The molecule has 0 aliphatic carbocycles. The zero-order valence-corrected chi connectivity index (χ0v) is 17.1. The Morgan fingerprint density at radius 3 is 2.17 bits per heavy atom. The summed E-state index contributed by atoms with van der Waals surface area (Å²) in [6.07, 6.45) is 0. The van der Waals surface area contributed by atoms with E-state index in [1.54, 1.807) is 30.3 Å². The Balaban J connectivity index is 2.15. The molecule has 0 fully saturated rings. The molecule has 2 N–H and O–H groups in total. The maximum atomic E-state index is 13.7. The molecule has 3 rings (SSSR count). The van der Waals surface area contributed by atoms with E-state index in [4.69, 9.17) is 17.3 Å². The van der Waals surface area contributed by atoms with Crippen LogP contribution in [0.3, 0.4) is 0 Å². The fourth-order valence-corrected chi connectivity index (χ4v) is 4.68. The normalized spacial score (nSPS) is 12.7. The molecule has 9 heteroatoms. The lowest BCUT2D eigenvalue weighted by atomic mass is 10.1. The summed E-state index contributed by atoms with van der Waals surface area (Å²) in [6.45, 7) is -0.412. The molecule has 0 aromatic heterocycles. The number of carbonyl (C=O) groups is 1.